The van der Waals surface area contributed by atoms with Gasteiger partial charge < -0.3 is 4.74 Å². The number of pyridine rings is 1. The SMILES string of the molecule is O=S(=O)(c1ccc(Cl)s1)N1CCN(Cc2ccccc2Oc2cccnc2)CC1. The van der Waals surface area contributed by atoms with Crippen LogP contribution in [-0.4, -0.2) is 48.8 Å². The van der Waals surface area contributed by atoms with Gasteiger partial charge in [0.25, 0.3) is 10.0 Å². The number of nitrogens with zero attached hydrogens (tertiary/aromatic N) is 3. The van der Waals surface area contributed by atoms with Crippen LogP contribution in [0.2, 0.25) is 4.34 Å². The lowest BCUT2D eigenvalue weighted by Crippen LogP contribution is -2.48. The molecule has 0 atom stereocenters. The van der Waals surface area contributed by atoms with Crippen LogP contribution in [0, 0.1) is 0 Å². The van der Waals surface area contributed by atoms with Crippen molar-refractivity contribution in [3.05, 3.63) is 70.8 Å². The summed E-state index contributed by atoms with van der Waals surface area (Å²) in [6.45, 7) is 2.89. The second-order valence-electron chi connectivity index (χ2n) is 6.64. The van der Waals surface area contributed by atoms with Crippen molar-refractivity contribution in [1.82, 2.24) is 14.2 Å². The van der Waals surface area contributed by atoms with Crippen LogP contribution in [0.3, 0.4) is 0 Å². The van der Waals surface area contributed by atoms with Gasteiger partial charge in [-0.25, -0.2) is 8.42 Å². The molecule has 2 aromatic heterocycles. The zero-order chi connectivity index (χ0) is 20.3. The number of aromatic nitrogens is 1. The summed E-state index contributed by atoms with van der Waals surface area (Å²) >= 11 is 7.00. The third-order valence-electron chi connectivity index (χ3n) is 4.70. The molecule has 1 aliphatic rings. The summed E-state index contributed by atoms with van der Waals surface area (Å²) in [6.07, 6.45) is 3.38. The molecule has 4 rings (SSSR count). The Balaban J connectivity index is 1.40. The average Bonchev–Trinajstić information content (AvgIpc) is 3.18. The molecule has 0 unspecified atom stereocenters. The number of thiophene rings is 1. The molecule has 0 saturated carbocycles. The Hall–Kier alpha value is -1.97. The number of halogens is 1. The lowest BCUT2D eigenvalue weighted by Gasteiger charge is -2.33. The molecule has 9 heteroatoms. The van der Waals surface area contributed by atoms with E-state index in [1.54, 1.807) is 24.5 Å². The van der Waals surface area contributed by atoms with Crippen LogP contribution in [0.4, 0.5) is 0 Å². The minimum absolute atomic E-state index is 0.297. The summed E-state index contributed by atoms with van der Waals surface area (Å²) in [4.78, 5) is 6.31. The van der Waals surface area contributed by atoms with Crippen molar-refractivity contribution in [3.63, 3.8) is 0 Å². The lowest BCUT2D eigenvalue weighted by atomic mass is 10.1. The standard InChI is InChI=1S/C20H20ClN3O3S2/c21-19-7-8-20(28-19)29(25,26)24-12-10-23(11-13-24)15-16-4-1-2-6-18(16)27-17-5-3-9-22-14-17/h1-9,14H,10-13,15H2. The Morgan fingerprint density at radius 3 is 2.52 bits per heavy atom. The maximum absolute atomic E-state index is 12.8. The zero-order valence-corrected chi connectivity index (χ0v) is 18.0. The van der Waals surface area contributed by atoms with E-state index in [1.165, 1.54) is 4.31 Å². The first-order chi connectivity index (χ1) is 14.0. The van der Waals surface area contributed by atoms with Crippen molar-refractivity contribution in [2.75, 3.05) is 26.2 Å². The van der Waals surface area contributed by atoms with Crippen molar-refractivity contribution in [2.24, 2.45) is 0 Å². The first kappa shape index (κ1) is 20.3. The van der Waals surface area contributed by atoms with Crippen molar-refractivity contribution in [2.45, 2.75) is 10.8 Å². The maximum Gasteiger partial charge on any atom is 0.252 e. The Kier molecular flexibility index (Phi) is 6.17. The quantitative estimate of drug-likeness (QED) is 0.567. The van der Waals surface area contributed by atoms with Crippen LogP contribution >= 0.6 is 22.9 Å². The van der Waals surface area contributed by atoms with Gasteiger partial charge in [0, 0.05) is 44.5 Å². The number of hydrogen-bond acceptors (Lipinski definition) is 6. The molecule has 0 radical (unpaired) electrons. The third kappa shape index (κ3) is 4.79. The van der Waals surface area contributed by atoms with Gasteiger partial charge in [-0.05, 0) is 30.3 Å². The Bertz CT molecular complexity index is 1070. The zero-order valence-electron chi connectivity index (χ0n) is 15.6. The molecule has 0 N–H and O–H groups in total. The summed E-state index contributed by atoms with van der Waals surface area (Å²) in [5.74, 6) is 1.47. The third-order valence-corrected chi connectivity index (χ3v) is 8.30. The lowest BCUT2D eigenvalue weighted by molar-refractivity contribution is 0.180. The summed E-state index contributed by atoms with van der Waals surface area (Å²) in [5, 5.41) is 0. The van der Waals surface area contributed by atoms with E-state index in [1.807, 2.05) is 36.4 Å². The summed E-state index contributed by atoms with van der Waals surface area (Å²) in [5.41, 5.74) is 1.05. The number of ether oxygens (including phenoxy) is 1. The highest BCUT2D eigenvalue weighted by Gasteiger charge is 2.29. The van der Waals surface area contributed by atoms with Crippen LogP contribution < -0.4 is 4.74 Å². The van der Waals surface area contributed by atoms with E-state index in [0.29, 0.717) is 47.0 Å². The van der Waals surface area contributed by atoms with E-state index >= 15 is 0 Å². The molecule has 1 saturated heterocycles. The normalized spacial score (nSPS) is 16.0. The number of sulfonamides is 1. The molecule has 1 fully saturated rings. The molecular formula is C20H20ClN3O3S2. The minimum atomic E-state index is -3.48. The fourth-order valence-corrected chi connectivity index (χ4v) is 6.26. The second kappa shape index (κ2) is 8.81. The van der Waals surface area contributed by atoms with Crippen molar-refractivity contribution >= 4 is 33.0 Å². The molecule has 0 aliphatic carbocycles. The fourth-order valence-electron chi connectivity index (χ4n) is 3.20. The largest absolute Gasteiger partial charge is 0.455 e. The van der Waals surface area contributed by atoms with Crippen LogP contribution in [0.1, 0.15) is 5.56 Å². The molecule has 1 aromatic carbocycles. The number of para-hydroxylation sites is 1. The molecule has 29 heavy (non-hydrogen) atoms. The van der Waals surface area contributed by atoms with Gasteiger partial charge in [-0.1, -0.05) is 29.8 Å². The van der Waals surface area contributed by atoms with Crippen LogP contribution in [-0.2, 0) is 16.6 Å². The van der Waals surface area contributed by atoms with Gasteiger partial charge in [-0.15, -0.1) is 11.3 Å². The van der Waals surface area contributed by atoms with E-state index in [4.69, 9.17) is 16.3 Å². The van der Waals surface area contributed by atoms with Gasteiger partial charge in [-0.2, -0.15) is 4.31 Å². The summed E-state index contributed by atoms with van der Waals surface area (Å²) in [6, 6.07) is 14.8. The Morgan fingerprint density at radius 1 is 1.03 bits per heavy atom. The van der Waals surface area contributed by atoms with Crippen LogP contribution in [0.5, 0.6) is 11.5 Å². The highest BCUT2D eigenvalue weighted by molar-refractivity contribution is 7.91. The van der Waals surface area contributed by atoms with Gasteiger partial charge in [0.05, 0.1) is 10.5 Å². The first-order valence-corrected chi connectivity index (χ1v) is 11.8. The molecule has 0 amide bonds. The van der Waals surface area contributed by atoms with E-state index in [-0.39, 0.29) is 0 Å². The van der Waals surface area contributed by atoms with E-state index in [9.17, 15) is 8.42 Å². The number of rotatable bonds is 6. The molecule has 152 valence electrons. The average molecular weight is 450 g/mol. The number of piperazine rings is 1. The molecule has 6 nitrogen and oxygen atoms in total. The van der Waals surface area contributed by atoms with Gasteiger partial charge in [-0.3, -0.25) is 9.88 Å². The first-order valence-electron chi connectivity index (χ1n) is 9.16. The smallest absolute Gasteiger partial charge is 0.252 e. The highest BCUT2D eigenvalue weighted by atomic mass is 35.5. The van der Waals surface area contributed by atoms with E-state index < -0.39 is 10.0 Å². The summed E-state index contributed by atoms with van der Waals surface area (Å²) < 4.78 is 33.8. The Labute approximate surface area is 179 Å². The highest BCUT2D eigenvalue weighted by Crippen LogP contribution is 2.29. The van der Waals surface area contributed by atoms with Gasteiger partial charge in [0.2, 0.25) is 0 Å². The molecule has 3 aromatic rings. The van der Waals surface area contributed by atoms with Gasteiger partial charge in [0.15, 0.2) is 0 Å². The van der Waals surface area contributed by atoms with Crippen LogP contribution in [0.25, 0.3) is 0 Å². The minimum Gasteiger partial charge on any atom is -0.455 e. The van der Waals surface area contributed by atoms with Gasteiger partial charge >= 0.3 is 0 Å². The van der Waals surface area contributed by atoms with E-state index in [2.05, 4.69) is 9.88 Å². The second-order valence-corrected chi connectivity index (χ2v) is 10.5. The molecule has 1 aliphatic heterocycles. The van der Waals surface area contributed by atoms with E-state index in [0.717, 1.165) is 22.6 Å². The van der Waals surface area contributed by atoms with Gasteiger partial charge in [0.1, 0.15) is 15.7 Å². The van der Waals surface area contributed by atoms with Crippen molar-refractivity contribution < 1.29 is 13.2 Å². The molecular weight excluding hydrogens is 430 g/mol. The predicted molar refractivity (Wildman–Crippen MR) is 114 cm³/mol. The Morgan fingerprint density at radius 2 is 1.83 bits per heavy atom. The fraction of sp³-hybridized carbons (Fsp3) is 0.250. The number of hydrogen-bond donors (Lipinski definition) is 0. The van der Waals surface area contributed by atoms with Crippen molar-refractivity contribution in [1.29, 1.82) is 0 Å². The number of benzene rings is 1. The van der Waals surface area contributed by atoms with Crippen LogP contribution in [0.15, 0.2) is 65.1 Å². The predicted octanol–water partition coefficient (Wildman–Crippen LogP) is 4.10. The maximum atomic E-state index is 12.8. The molecule has 0 spiro atoms. The molecule has 3 heterocycles. The monoisotopic (exact) mass is 449 g/mol. The van der Waals surface area contributed by atoms with Crippen molar-refractivity contribution in [3.8, 4) is 11.5 Å². The summed E-state index contributed by atoms with van der Waals surface area (Å²) in [7, 11) is -3.48. The molecule has 0 bridgehead atoms. The topological polar surface area (TPSA) is 62.7 Å².